The van der Waals surface area contributed by atoms with Gasteiger partial charge in [0.1, 0.15) is 0 Å². The summed E-state index contributed by atoms with van der Waals surface area (Å²) in [5.74, 6) is 0.965. The van der Waals surface area contributed by atoms with E-state index in [1.807, 2.05) is 11.3 Å². The van der Waals surface area contributed by atoms with Gasteiger partial charge < -0.3 is 10.6 Å². The molecule has 1 saturated heterocycles. The van der Waals surface area contributed by atoms with Gasteiger partial charge >= 0.3 is 0 Å². The molecule has 2 nitrogen and oxygen atoms in total. The van der Waals surface area contributed by atoms with Crippen molar-refractivity contribution in [3.05, 3.63) is 21.4 Å². The van der Waals surface area contributed by atoms with Gasteiger partial charge in [0.15, 0.2) is 0 Å². The second kappa shape index (κ2) is 5.94. The quantitative estimate of drug-likeness (QED) is 0.882. The Morgan fingerprint density at radius 1 is 1.32 bits per heavy atom. The van der Waals surface area contributed by atoms with E-state index in [1.54, 1.807) is 0 Å². The molecule has 106 valence electrons. The van der Waals surface area contributed by atoms with E-state index in [4.69, 9.17) is 0 Å². The van der Waals surface area contributed by atoms with Gasteiger partial charge in [0.05, 0.1) is 0 Å². The van der Waals surface area contributed by atoms with Crippen LogP contribution in [0.4, 0.5) is 0 Å². The molecule has 1 aliphatic carbocycles. The molecular formula is C16H26N2S. The van der Waals surface area contributed by atoms with E-state index in [1.165, 1.54) is 47.4 Å². The van der Waals surface area contributed by atoms with Gasteiger partial charge in [-0.05, 0) is 50.7 Å². The molecule has 0 radical (unpaired) electrons. The zero-order chi connectivity index (χ0) is 13.2. The topological polar surface area (TPSA) is 24.1 Å². The van der Waals surface area contributed by atoms with Crippen molar-refractivity contribution in [3.63, 3.8) is 0 Å². The average Bonchev–Trinajstić information content (AvgIpc) is 2.93. The van der Waals surface area contributed by atoms with E-state index in [0.717, 1.165) is 25.0 Å². The summed E-state index contributed by atoms with van der Waals surface area (Å²) in [6, 6.07) is 3.86. The summed E-state index contributed by atoms with van der Waals surface area (Å²) in [5.41, 5.74) is 1.44. The Bertz CT molecular complexity index is 393. The van der Waals surface area contributed by atoms with Crippen LogP contribution in [0.3, 0.4) is 0 Å². The Balaban J connectivity index is 1.43. The molecule has 0 amide bonds. The van der Waals surface area contributed by atoms with Crippen molar-refractivity contribution in [2.75, 3.05) is 6.54 Å². The molecule has 0 bridgehead atoms. The predicted molar refractivity (Wildman–Crippen MR) is 82.8 cm³/mol. The van der Waals surface area contributed by atoms with Crippen molar-refractivity contribution < 1.29 is 0 Å². The number of nitrogens with one attached hydrogen (secondary N) is 2. The van der Waals surface area contributed by atoms with E-state index in [0.29, 0.717) is 6.04 Å². The van der Waals surface area contributed by atoms with E-state index in [2.05, 4.69) is 30.5 Å². The van der Waals surface area contributed by atoms with E-state index < -0.39 is 0 Å². The third-order valence-electron chi connectivity index (χ3n) is 4.85. The maximum absolute atomic E-state index is 3.84. The van der Waals surface area contributed by atoms with Crippen LogP contribution in [0.1, 0.15) is 47.4 Å². The minimum atomic E-state index is 0.704. The highest BCUT2D eigenvalue weighted by Crippen LogP contribution is 2.33. The van der Waals surface area contributed by atoms with Crippen LogP contribution in [-0.4, -0.2) is 18.6 Å². The van der Waals surface area contributed by atoms with Gasteiger partial charge in [-0.2, -0.15) is 0 Å². The van der Waals surface area contributed by atoms with E-state index in [9.17, 15) is 0 Å². The first kappa shape index (κ1) is 13.6. The van der Waals surface area contributed by atoms with Crippen LogP contribution in [0.15, 0.2) is 6.07 Å². The van der Waals surface area contributed by atoms with Crippen LogP contribution < -0.4 is 10.6 Å². The zero-order valence-corrected chi connectivity index (χ0v) is 13.0. The third-order valence-corrected chi connectivity index (χ3v) is 6.01. The smallest absolute Gasteiger partial charge is 0.0300 e. The minimum absolute atomic E-state index is 0.704. The Labute approximate surface area is 121 Å². The monoisotopic (exact) mass is 278 g/mol. The molecule has 2 N–H and O–H groups in total. The van der Waals surface area contributed by atoms with Crippen LogP contribution in [-0.2, 0) is 6.54 Å². The summed E-state index contributed by atoms with van der Waals surface area (Å²) >= 11 is 1.93. The fourth-order valence-corrected chi connectivity index (χ4v) is 4.72. The summed E-state index contributed by atoms with van der Waals surface area (Å²) < 4.78 is 0. The first-order valence-corrected chi connectivity index (χ1v) is 8.56. The van der Waals surface area contributed by atoms with E-state index >= 15 is 0 Å². The largest absolute Gasteiger partial charge is 0.310 e. The van der Waals surface area contributed by atoms with Crippen LogP contribution in [0.25, 0.3) is 0 Å². The molecular weight excluding hydrogens is 252 g/mol. The Kier molecular flexibility index (Phi) is 4.25. The van der Waals surface area contributed by atoms with Gasteiger partial charge in [0.25, 0.3) is 0 Å². The molecule has 3 heteroatoms. The lowest BCUT2D eigenvalue weighted by atomic mass is 9.85. The SMILES string of the molecule is Cc1cc(CNCC2CC3CCCCC3N2)sc1C. The number of hydrogen-bond acceptors (Lipinski definition) is 3. The zero-order valence-electron chi connectivity index (χ0n) is 12.2. The predicted octanol–water partition coefficient (Wildman–Crippen LogP) is 3.38. The summed E-state index contributed by atoms with van der Waals surface area (Å²) in [5, 5.41) is 7.48. The van der Waals surface area contributed by atoms with Crippen molar-refractivity contribution in [1.82, 2.24) is 10.6 Å². The van der Waals surface area contributed by atoms with Gasteiger partial charge in [-0.3, -0.25) is 0 Å². The van der Waals surface area contributed by atoms with Crippen molar-refractivity contribution in [1.29, 1.82) is 0 Å². The van der Waals surface area contributed by atoms with Gasteiger partial charge in [-0.25, -0.2) is 0 Å². The van der Waals surface area contributed by atoms with Crippen molar-refractivity contribution >= 4 is 11.3 Å². The number of hydrogen-bond donors (Lipinski definition) is 2. The second-order valence-corrected chi connectivity index (χ2v) is 7.67. The number of rotatable bonds is 4. The molecule has 19 heavy (non-hydrogen) atoms. The number of thiophene rings is 1. The van der Waals surface area contributed by atoms with Gasteiger partial charge in [-0.1, -0.05) is 12.8 Å². The van der Waals surface area contributed by atoms with Gasteiger partial charge in [0, 0.05) is 34.9 Å². The average molecular weight is 278 g/mol. The van der Waals surface area contributed by atoms with E-state index in [-0.39, 0.29) is 0 Å². The van der Waals surface area contributed by atoms with Crippen LogP contribution in [0.5, 0.6) is 0 Å². The lowest BCUT2D eigenvalue weighted by Gasteiger charge is -2.24. The molecule has 2 aliphatic rings. The molecule has 2 fully saturated rings. The fraction of sp³-hybridized carbons (Fsp3) is 0.750. The molecule has 1 aromatic heterocycles. The van der Waals surface area contributed by atoms with Crippen LogP contribution in [0.2, 0.25) is 0 Å². The van der Waals surface area contributed by atoms with Crippen molar-refractivity contribution in [2.24, 2.45) is 5.92 Å². The summed E-state index contributed by atoms with van der Waals surface area (Å²) in [7, 11) is 0. The lowest BCUT2D eigenvalue weighted by molar-refractivity contribution is 0.325. The minimum Gasteiger partial charge on any atom is -0.310 e. The Hall–Kier alpha value is -0.380. The number of fused-ring (bicyclic) bond motifs is 1. The fourth-order valence-electron chi connectivity index (χ4n) is 3.69. The highest BCUT2D eigenvalue weighted by Gasteiger charge is 2.34. The van der Waals surface area contributed by atoms with Crippen LogP contribution in [0, 0.1) is 19.8 Å². The van der Waals surface area contributed by atoms with Gasteiger partial charge in [-0.15, -0.1) is 11.3 Å². The maximum Gasteiger partial charge on any atom is 0.0300 e. The summed E-state index contributed by atoms with van der Waals surface area (Å²) in [6.45, 7) is 6.58. The Morgan fingerprint density at radius 2 is 2.16 bits per heavy atom. The number of aryl methyl sites for hydroxylation is 2. The molecule has 3 atom stereocenters. The Morgan fingerprint density at radius 3 is 2.89 bits per heavy atom. The lowest BCUT2D eigenvalue weighted by Crippen LogP contribution is -2.38. The molecule has 2 heterocycles. The molecule has 1 aliphatic heterocycles. The summed E-state index contributed by atoms with van der Waals surface area (Å²) in [4.78, 5) is 2.94. The molecule has 0 aromatic carbocycles. The summed E-state index contributed by atoms with van der Waals surface area (Å²) in [6.07, 6.45) is 7.14. The van der Waals surface area contributed by atoms with Gasteiger partial charge in [0.2, 0.25) is 0 Å². The first-order chi connectivity index (χ1) is 9.22. The molecule has 1 saturated carbocycles. The molecule has 0 spiro atoms. The van der Waals surface area contributed by atoms with Crippen molar-refractivity contribution in [2.45, 2.75) is 64.6 Å². The molecule has 1 aromatic rings. The molecule has 3 rings (SSSR count). The first-order valence-electron chi connectivity index (χ1n) is 7.75. The normalized spacial score (nSPS) is 30.5. The highest BCUT2D eigenvalue weighted by molar-refractivity contribution is 7.12. The highest BCUT2D eigenvalue weighted by atomic mass is 32.1. The molecule has 3 unspecified atom stereocenters. The third kappa shape index (κ3) is 3.21. The standard InChI is InChI=1S/C16H26N2S/c1-11-7-15(19-12(11)2)10-17-9-14-8-13-5-3-4-6-16(13)18-14/h7,13-14,16-18H,3-6,8-10H2,1-2H3. The second-order valence-electron chi connectivity index (χ2n) is 6.33. The van der Waals surface area contributed by atoms with Crippen molar-refractivity contribution in [3.8, 4) is 0 Å². The van der Waals surface area contributed by atoms with Crippen LogP contribution >= 0.6 is 11.3 Å². The maximum atomic E-state index is 3.84.